The highest BCUT2D eigenvalue weighted by atomic mass is 35.5. The van der Waals surface area contributed by atoms with Gasteiger partial charge in [0.2, 0.25) is 0 Å². The molecule has 200 valence electrons. The summed E-state index contributed by atoms with van der Waals surface area (Å²) in [6, 6.07) is 8.95. The first-order valence-electron chi connectivity index (χ1n) is 12.3. The van der Waals surface area contributed by atoms with Crippen LogP contribution in [0.15, 0.2) is 54.4 Å². The van der Waals surface area contributed by atoms with Crippen molar-refractivity contribution in [3.8, 4) is 11.1 Å². The van der Waals surface area contributed by atoms with Crippen molar-refractivity contribution >= 4 is 56.5 Å². The number of nitrogens with zero attached hydrogens (tertiary/aromatic N) is 6. The lowest BCUT2D eigenvalue weighted by molar-refractivity contribution is -0.118. The van der Waals surface area contributed by atoms with Gasteiger partial charge in [0.1, 0.15) is 11.7 Å². The van der Waals surface area contributed by atoms with Gasteiger partial charge in [-0.2, -0.15) is 5.10 Å². The van der Waals surface area contributed by atoms with Crippen LogP contribution in [-0.4, -0.2) is 55.4 Å². The van der Waals surface area contributed by atoms with Gasteiger partial charge in [-0.3, -0.25) is 14.8 Å². The van der Waals surface area contributed by atoms with Crippen LogP contribution in [-0.2, 0) is 24.3 Å². The zero-order chi connectivity index (χ0) is 27.3. The molecule has 5 aromatic rings. The minimum Gasteiger partial charge on any atom is -0.331 e. The molecule has 3 aromatic heterocycles. The van der Waals surface area contributed by atoms with Gasteiger partial charge in [0, 0.05) is 47.4 Å². The Hall–Kier alpha value is -3.31. The molecule has 12 heteroatoms. The number of thiazole rings is 1. The zero-order valence-electron chi connectivity index (χ0n) is 21.1. The van der Waals surface area contributed by atoms with Crippen molar-refractivity contribution in [2.24, 2.45) is 0 Å². The van der Waals surface area contributed by atoms with Crippen LogP contribution in [0.4, 0.5) is 9.52 Å². The predicted molar refractivity (Wildman–Crippen MR) is 152 cm³/mol. The van der Waals surface area contributed by atoms with E-state index >= 15 is 0 Å². The normalized spacial score (nSPS) is 15.7. The number of imidazole rings is 1. The highest BCUT2D eigenvalue weighted by molar-refractivity contribution is 7.13. The molecule has 0 spiro atoms. The standard InChI is InChI=1S/C27H24Cl2FN7OS/c1-35(2)11-15-3-5-16(6-4-15)18-10-20(28)19-13-37(34-23(19)22(18)29)25(26(38)33-27-31-7-8-39-27)24-21-9-17(30)12-36(21)14-32-24/h3-8,10,13-14,17,25H,9,11-12H2,1-2H3,(H,31,33,38)/t17-,25?/m1/s1. The number of benzene rings is 2. The van der Waals surface area contributed by atoms with E-state index in [4.69, 9.17) is 28.3 Å². The van der Waals surface area contributed by atoms with Crippen molar-refractivity contribution in [2.75, 3.05) is 19.4 Å². The first kappa shape index (κ1) is 25.9. The second kappa shape index (κ2) is 10.3. The second-order valence-electron chi connectivity index (χ2n) is 9.79. The first-order valence-corrected chi connectivity index (χ1v) is 13.9. The summed E-state index contributed by atoms with van der Waals surface area (Å²) in [6.45, 7) is 1.03. The molecule has 1 amide bonds. The molecule has 8 nitrogen and oxygen atoms in total. The summed E-state index contributed by atoms with van der Waals surface area (Å²) in [6.07, 6.45) is 4.00. The van der Waals surface area contributed by atoms with E-state index in [1.807, 2.05) is 32.3 Å². The van der Waals surface area contributed by atoms with Crippen LogP contribution in [0.5, 0.6) is 0 Å². The molecule has 39 heavy (non-hydrogen) atoms. The number of carbonyl (C=O) groups excluding carboxylic acids is 1. The van der Waals surface area contributed by atoms with E-state index in [2.05, 4.69) is 32.3 Å². The van der Waals surface area contributed by atoms with E-state index in [0.717, 1.165) is 17.7 Å². The molecule has 1 aliphatic rings. The number of rotatable bonds is 7. The molecule has 1 aliphatic heterocycles. The molecule has 4 heterocycles. The molecular formula is C27H24Cl2FN7OS. The third-order valence-electron chi connectivity index (χ3n) is 6.69. The Kier molecular flexibility index (Phi) is 6.88. The Labute approximate surface area is 238 Å². The van der Waals surface area contributed by atoms with Crippen molar-refractivity contribution < 1.29 is 9.18 Å². The summed E-state index contributed by atoms with van der Waals surface area (Å²) in [5.74, 6) is -0.398. The van der Waals surface area contributed by atoms with Gasteiger partial charge in [-0.1, -0.05) is 47.5 Å². The fraction of sp³-hybridized carbons (Fsp3) is 0.259. The molecule has 6 rings (SSSR count). The van der Waals surface area contributed by atoms with Crippen molar-refractivity contribution in [1.29, 1.82) is 0 Å². The highest BCUT2D eigenvalue weighted by Crippen LogP contribution is 2.39. The monoisotopic (exact) mass is 583 g/mol. The molecular weight excluding hydrogens is 560 g/mol. The zero-order valence-corrected chi connectivity index (χ0v) is 23.4. The Bertz CT molecular complexity index is 1660. The van der Waals surface area contributed by atoms with E-state index in [9.17, 15) is 9.18 Å². The minimum absolute atomic E-state index is 0.173. The maximum Gasteiger partial charge on any atom is 0.257 e. The summed E-state index contributed by atoms with van der Waals surface area (Å²) in [5, 5.41) is 11.3. The molecule has 0 fully saturated rings. The highest BCUT2D eigenvalue weighted by Gasteiger charge is 2.34. The van der Waals surface area contributed by atoms with Gasteiger partial charge in [-0.15, -0.1) is 11.3 Å². The van der Waals surface area contributed by atoms with Gasteiger partial charge in [-0.25, -0.2) is 14.4 Å². The minimum atomic E-state index is -1.03. The smallest absolute Gasteiger partial charge is 0.257 e. The van der Waals surface area contributed by atoms with Gasteiger partial charge in [0.05, 0.1) is 28.6 Å². The Morgan fingerprint density at radius 3 is 2.77 bits per heavy atom. The van der Waals surface area contributed by atoms with Gasteiger partial charge in [0.15, 0.2) is 11.2 Å². The summed E-state index contributed by atoms with van der Waals surface area (Å²) in [7, 11) is 4.04. The van der Waals surface area contributed by atoms with Crippen LogP contribution in [0.2, 0.25) is 10.0 Å². The van der Waals surface area contributed by atoms with Crippen molar-refractivity contribution in [2.45, 2.75) is 31.7 Å². The van der Waals surface area contributed by atoms with Gasteiger partial charge < -0.3 is 9.47 Å². The molecule has 2 atom stereocenters. The van der Waals surface area contributed by atoms with E-state index < -0.39 is 18.1 Å². The number of nitrogens with one attached hydrogen (secondary N) is 1. The molecule has 0 aliphatic carbocycles. The number of hydrogen-bond donors (Lipinski definition) is 1. The first-order chi connectivity index (χ1) is 18.8. The molecule has 1 N–H and O–H groups in total. The van der Waals surface area contributed by atoms with E-state index in [-0.39, 0.29) is 13.0 Å². The Morgan fingerprint density at radius 1 is 1.26 bits per heavy atom. The Morgan fingerprint density at radius 2 is 2.05 bits per heavy atom. The number of aromatic nitrogens is 5. The van der Waals surface area contributed by atoms with E-state index in [1.165, 1.54) is 21.6 Å². The average Bonchev–Trinajstić information content (AvgIpc) is 3.68. The van der Waals surface area contributed by atoms with Crippen molar-refractivity contribution in [3.05, 3.63) is 81.4 Å². The van der Waals surface area contributed by atoms with E-state index in [1.54, 1.807) is 28.7 Å². The summed E-state index contributed by atoms with van der Waals surface area (Å²) >= 11 is 14.9. The number of fused-ring (bicyclic) bond motifs is 2. The van der Waals surface area contributed by atoms with Crippen LogP contribution in [0.1, 0.15) is 23.0 Å². The van der Waals surface area contributed by atoms with Gasteiger partial charge >= 0.3 is 0 Å². The number of carbonyl (C=O) groups is 1. The quantitative estimate of drug-likeness (QED) is 0.260. The van der Waals surface area contributed by atoms with Crippen molar-refractivity contribution in [3.63, 3.8) is 0 Å². The predicted octanol–water partition coefficient (Wildman–Crippen LogP) is 5.85. The molecule has 0 bridgehead atoms. The van der Waals surface area contributed by atoms with Crippen molar-refractivity contribution in [1.82, 2.24) is 29.2 Å². The second-order valence-corrected chi connectivity index (χ2v) is 11.5. The summed E-state index contributed by atoms with van der Waals surface area (Å²) in [5.41, 5.74) is 4.37. The summed E-state index contributed by atoms with van der Waals surface area (Å²) < 4.78 is 17.5. The molecule has 0 saturated carbocycles. The average molecular weight is 585 g/mol. The Balaban J connectivity index is 1.43. The van der Waals surface area contributed by atoms with Crippen LogP contribution in [0.3, 0.4) is 0 Å². The summed E-state index contributed by atoms with van der Waals surface area (Å²) in [4.78, 5) is 24.4. The number of alkyl halides is 1. The topological polar surface area (TPSA) is 80.9 Å². The fourth-order valence-electron chi connectivity index (χ4n) is 4.97. The number of amides is 1. The SMILES string of the molecule is CN(C)Cc1ccc(-c2cc(Cl)c3cn(C(C(=O)Nc4nccs4)c4ncn5c4C[C@@H](F)C5)nc3c2Cl)cc1. The van der Waals surface area contributed by atoms with E-state index in [0.29, 0.717) is 37.5 Å². The number of anilines is 1. The third kappa shape index (κ3) is 4.93. The van der Waals surface area contributed by atoms with Crippen LogP contribution < -0.4 is 5.32 Å². The number of halogens is 3. The van der Waals surface area contributed by atoms with Crippen LogP contribution in [0, 0.1) is 0 Å². The van der Waals surface area contributed by atoms with Crippen LogP contribution in [0.25, 0.3) is 22.0 Å². The lowest BCUT2D eigenvalue weighted by atomic mass is 10.0. The van der Waals surface area contributed by atoms with Gasteiger partial charge in [-0.05, 0) is 31.3 Å². The van der Waals surface area contributed by atoms with Gasteiger partial charge in [0.25, 0.3) is 5.91 Å². The molecule has 0 radical (unpaired) electrons. The molecule has 2 aromatic carbocycles. The maximum atomic E-state index is 14.3. The third-order valence-corrected chi connectivity index (χ3v) is 8.07. The maximum absolute atomic E-state index is 14.3. The fourth-order valence-corrected chi connectivity index (χ4v) is 6.05. The number of hydrogen-bond acceptors (Lipinski definition) is 6. The molecule has 0 saturated heterocycles. The lowest BCUT2D eigenvalue weighted by Gasteiger charge is -2.16. The molecule has 1 unspecified atom stereocenters. The largest absolute Gasteiger partial charge is 0.331 e. The van der Waals surface area contributed by atoms with Crippen LogP contribution >= 0.6 is 34.5 Å². The lowest BCUT2D eigenvalue weighted by Crippen LogP contribution is -2.28.